The quantitative estimate of drug-likeness (QED) is 0.876. The molecule has 0 bridgehead atoms. The van der Waals surface area contributed by atoms with Crippen molar-refractivity contribution in [2.75, 3.05) is 19.7 Å². The smallest absolute Gasteiger partial charge is 0.250 e. The molecule has 2 amide bonds. The first-order valence-electron chi connectivity index (χ1n) is 6.82. The topological polar surface area (TPSA) is 58.6 Å². The van der Waals surface area contributed by atoms with Crippen molar-refractivity contribution in [2.24, 2.45) is 0 Å². The molecule has 1 heterocycles. The number of ether oxygens (including phenoxy) is 1. The zero-order valence-corrected chi connectivity index (χ0v) is 11.8. The molecule has 0 radical (unpaired) electrons. The highest BCUT2D eigenvalue weighted by Gasteiger charge is 2.33. The number of carbonyl (C=O) groups excluding carboxylic acids is 2. The highest BCUT2D eigenvalue weighted by Crippen LogP contribution is 2.18. The number of amides is 2. The van der Waals surface area contributed by atoms with E-state index in [4.69, 9.17) is 4.74 Å². The highest BCUT2D eigenvalue weighted by atomic mass is 16.5. The second kappa shape index (κ2) is 6.52. The van der Waals surface area contributed by atoms with Crippen LogP contribution in [0.4, 0.5) is 0 Å². The molecule has 1 atom stereocenters. The van der Waals surface area contributed by atoms with Gasteiger partial charge in [-0.05, 0) is 19.4 Å². The standard InChI is InChI=1S/C15H20N2O3/c1-11(2)20-9-8-17-10-13(18)16-14(15(17)19)12-6-4-3-5-7-12/h3-7,11,14H,8-10H2,1-2H3,(H,16,18). The van der Waals surface area contributed by atoms with E-state index in [0.29, 0.717) is 13.2 Å². The van der Waals surface area contributed by atoms with Crippen LogP contribution in [-0.2, 0) is 14.3 Å². The minimum absolute atomic E-state index is 0.0804. The van der Waals surface area contributed by atoms with Crippen molar-refractivity contribution >= 4 is 11.8 Å². The van der Waals surface area contributed by atoms with Gasteiger partial charge in [-0.15, -0.1) is 0 Å². The van der Waals surface area contributed by atoms with Gasteiger partial charge in [0.15, 0.2) is 0 Å². The SMILES string of the molecule is CC(C)OCCN1CC(=O)NC(c2ccccc2)C1=O. The van der Waals surface area contributed by atoms with Gasteiger partial charge in [-0.25, -0.2) is 0 Å². The van der Waals surface area contributed by atoms with Gasteiger partial charge in [0.1, 0.15) is 6.04 Å². The zero-order valence-electron chi connectivity index (χ0n) is 11.8. The molecule has 5 nitrogen and oxygen atoms in total. The van der Waals surface area contributed by atoms with Crippen LogP contribution in [0.3, 0.4) is 0 Å². The molecule has 0 aromatic heterocycles. The van der Waals surface area contributed by atoms with Crippen LogP contribution in [0.25, 0.3) is 0 Å². The number of nitrogens with zero attached hydrogens (tertiary/aromatic N) is 1. The van der Waals surface area contributed by atoms with Crippen LogP contribution in [0.5, 0.6) is 0 Å². The number of carbonyl (C=O) groups is 2. The lowest BCUT2D eigenvalue weighted by molar-refractivity contribution is -0.145. The first-order valence-corrected chi connectivity index (χ1v) is 6.82. The van der Waals surface area contributed by atoms with Gasteiger partial charge < -0.3 is 15.0 Å². The summed E-state index contributed by atoms with van der Waals surface area (Å²) in [4.78, 5) is 25.7. The fourth-order valence-corrected chi connectivity index (χ4v) is 2.16. The van der Waals surface area contributed by atoms with Crippen molar-refractivity contribution in [3.05, 3.63) is 35.9 Å². The van der Waals surface area contributed by atoms with Gasteiger partial charge in [0.25, 0.3) is 0 Å². The number of piperazine rings is 1. The second-order valence-electron chi connectivity index (χ2n) is 5.09. The molecule has 1 unspecified atom stereocenters. The van der Waals surface area contributed by atoms with Gasteiger partial charge in [-0.1, -0.05) is 30.3 Å². The Kier molecular flexibility index (Phi) is 4.74. The third-order valence-corrected chi connectivity index (χ3v) is 3.14. The third-order valence-electron chi connectivity index (χ3n) is 3.14. The average molecular weight is 276 g/mol. The summed E-state index contributed by atoms with van der Waals surface area (Å²) < 4.78 is 5.44. The fraction of sp³-hybridized carbons (Fsp3) is 0.467. The summed E-state index contributed by atoms with van der Waals surface area (Å²) in [5.41, 5.74) is 0.806. The highest BCUT2D eigenvalue weighted by molar-refractivity contribution is 5.95. The van der Waals surface area contributed by atoms with Gasteiger partial charge in [-0.3, -0.25) is 9.59 Å². The van der Waals surface area contributed by atoms with E-state index < -0.39 is 6.04 Å². The van der Waals surface area contributed by atoms with Gasteiger partial charge in [0, 0.05) is 6.54 Å². The van der Waals surface area contributed by atoms with Crippen molar-refractivity contribution in [3.8, 4) is 0 Å². The summed E-state index contributed by atoms with van der Waals surface area (Å²) in [6.07, 6.45) is 0.119. The Morgan fingerprint density at radius 2 is 2.00 bits per heavy atom. The summed E-state index contributed by atoms with van der Waals surface area (Å²) in [7, 11) is 0. The minimum atomic E-state index is -0.587. The lowest BCUT2D eigenvalue weighted by Gasteiger charge is -2.32. The summed E-state index contributed by atoms with van der Waals surface area (Å²) in [5, 5.41) is 2.74. The number of benzene rings is 1. The fourth-order valence-electron chi connectivity index (χ4n) is 2.16. The number of hydrogen-bond acceptors (Lipinski definition) is 3. The van der Waals surface area contributed by atoms with Crippen molar-refractivity contribution in [3.63, 3.8) is 0 Å². The van der Waals surface area contributed by atoms with Crippen LogP contribution in [0.15, 0.2) is 30.3 Å². The van der Waals surface area contributed by atoms with Crippen LogP contribution in [0.2, 0.25) is 0 Å². The van der Waals surface area contributed by atoms with Crippen LogP contribution in [-0.4, -0.2) is 42.5 Å². The first-order chi connectivity index (χ1) is 9.58. The number of nitrogens with one attached hydrogen (secondary N) is 1. The summed E-state index contributed by atoms with van der Waals surface area (Å²) in [6, 6.07) is 8.70. The lowest BCUT2D eigenvalue weighted by atomic mass is 10.0. The second-order valence-corrected chi connectivity index (χ2v) is 5.09. The first kappa shape index (κ1) is 14.5. The Bertz CT molecular complexity index is 473. The van der Waals surface area contributed by atoms with E-state index in [1.54, 1.807) is 4.90 Å². The molecule has 1 aliphatic heterocycles. The molecule has 0 aliphatic carbocycles. The molecule has 0 saturated carbocycles. The molecular formula is C15H20N2O3. The normalized spacial score (nSPS) is 19.4. The Morgan fingerprint density at radius 1 is 1.30 bits per heavy atom. The molecule has 1 N–H and O–H groups in total. The van der Waals surface area contributed by atoms with Crippen molar-refractivity contribution in [1.29, 1.82) is 0 Å². The van der Waals surface area contributed by atoms with E-state index in [0.717, 1.165) is 5.56 Å². The average Bonchev–Trinajstić information content (AvgIpc) is 2.43. The maximum absolute atomic E-state index is 12.4. The van der Waals surface area contributed by atoms with Crippen LogP contribution in [0.1, 0.15) is 25.5 Å². The predicted octanol–water partition coefficient (Wildman–Crippen LogP) is 1.11. The van der Waals surface area contributed by atoms with Crippen LogP contribution >= 0.6 is 0 Å². The van der Waals surface area contributed by atoms with Gasteiger partial charge in [-0.2, -0.15) is 0 Å². The lowest BCUT2D eigenvalue weighted by Crippen LogP contribution is -2.54. The van der Waals surface area contributed by atoms with Gasteiger partial charge >= 0.3 is 0 Å². The van der Waals surface area contributed by atoms with Crippen molar-refractivity contribution in [2.45, 2.75) is 26.0 Å². The molecule has 5 heteroatoms. The molecule has 108 valence electrons. The van der Waals surface area contributed by atoms with E-state index in [-0.39, 0.29) is 24.5 Å². The van der Waals surface area contributed by atoms with Crippen molar-refractivity contribution in [1.82, 2.24) is 10.2 Å². The van der Waals surface area contributed by atoms with Crippen LogP contribution in [0, 0.1) is 0 Å². The van der Waals surface area contributed by atoms with E-state index >= 15 is 0 Å². The van der Waals surface area contributed by atoms with E-state index in [2.05, 4.69) is 5.32 Å². The summed E-state index contributed by atoms with van der Waals surface area (Å²) in [5.74, 6) is -0.217. The number of hydrogen-bond donors (Lipinski definition) is 1. The molecule has 1 aliphatic rings. The predicted molar refractivity (Wildman–Crippen MR) is 75.0 cm³/mol. The van der Waals surface area contributed by atoms with E-state index in [1.807, 2.05) is 44.2 Å². The van der Waals surface area contributed by atoms with Gasteiger partial charge in [0.2, 0.25) is 11.8 Å². The Labute approximate surface area is 118 Å². The maximum atomic E-state index is 12.4. The Balaban J connectivity index is 2.04. The zero-order chi connectivity index (χ0) is 14.5. The van der Waals surface area contributed by atoms with E-state index in [1.165, 1.54) is 0 Å². The molecule has 1 saturated heterocycles. The Morgan fingerprint density at radius 3 is 2.65 bits per heavy atom. The summed E-state index contributed by atoms with van der Waals surface area (Å²) in [6.45, 7) is 4.87. The minimum Gasteiger partial charge on any atom is -0.377 e. The largest absolute Gasteiger partial charge is 0.377 e. The van der Waals surface area contributed by atoms with Gasteiger partial charge in [0.05, 0.1) is 19.3 Å². The number of rotatable bonds is 5. The molecule has 20 heavy (non-hydrogen) atoms. The Hall–Kier alpha value is -1.88. The molecule has 1 aromatic rings. The summed E-state index contributed by atoms with van der Waals surface area (Å²) >= 11 is 0. The molecule has 0 spiro atoms. The maximum Gasteiger partial charge on any atom is 0.250 e. The van der Waals surface area contributed by atoms with Crippen molar-refractivity contribution < 1.29 is 14.3 Å². The van der Waals surface area contributed by atoms with E-state index in [9.17, 15) is 9.59 Å². The third kappa shape index (κ3) is 3.57. The molecule has 1 aromatic carbocycles. The molecule has 1 fully saturated rings. The molecule has 2 rings (SSSR count). The molecular weight excluding hydrogens is 256 g/mol. The van der Waals surface area contributed by atoms with Crippen LogP contribution < -0.4 is 5.32 Å². The monoisotopic (exact) mass is 276 g/mol.